The quantitative estimate of drug-likeness (QED) is 0.151. The molecule has 0 bridgehead atoms. The summed E-state index contributed by atoms with van der Waals surface area (Å²) in [7, 11) is 4.29. The molecule has 3 saturated heterocycles. The smallest absolute Gasteiger partial charge is 0.353 e. The van der Waals surface area contributed by atoms with Gasteiger partial charge in [-0.1, -0.05) is 6.92 Å². The lowest BCUT2D eigenvalue weighted by molar-refractivity contribution is -0.894. The number of carbonyl (C=O) groups excluding carboxylic acids is 3. The van der Waals surface area contributed by atoms with E-state index in [0.29, 0.717) is 31.0 Å². The predicted octanol–water partition coefficient (Wildman–Crippen LogP) is -3.08. The maximum Gasteiger partial charge on any atom is 0.353 e. The third-order valence-corrected chi connectivity index (χ3v) is 9.35. The summed E-state index contributed by atoms with van der Waals surface area (Å²) < 4.78 is 26.2. The number of amides is 3. The van der Waals surface area contributed by atoms with Crippen LogP contribution in [0.1, 0.15) is 20.3 Å². The van der Waals surface area contributed by atoms with E-state index in [0.717, 1.165) is 17.6 Å². The lowest BCUT2D eigenvalue weighted by atomic mass is 9.78. The highest BCUT2D eigenvalue weighted by Gasteiger charge is 2.60. The number of quaternary nitrogens is 1. The zero-order valence-corrected chi connectivity index (χ0v) is 24.2. The summed E-state index contributed by atoms with van der Waals surface area (Å²) >= 11 is 1.37. The van der Waals surface area contributed by atoms with Crippen molar-refractivity contribution in [1.82, 2.24) is 20.4 Å². The first kappa shape index (κ1) is 30.0. The molecule has 0 aromatic carbocycles. The highest BCUT2D eigenvalue weighted by atomic mass is 127. The predicted molar refractivity (Wildman–Crippen MR) is 128 cm³/mol. The van der Waals surface area contributed by atoms with Gasteiger partial charge in [0.25, 0.3) is 5.91 Å². The maximum absolute atomic E-state index is 13.0. The van der Waals surface area contributed by atoms with Crippen LogP contribution in [0.2, 0.25) is 0 Å². The van der Waals surface area contributed by atoms with E-state index < -0.39 is 42.2 Å². The number of carboxylic acid groups (broad SMARTS) is 1. The van der Waals surface area contributed by atoms with Crippen molar-refractivity contribution in [3.8, 4) is 0 Å². The van der Waals surface area contributed by atoms with Crippen molar-refractivity contribution in [2.24, 2.45) is 11.8 Å². The molecule has 37 heavy (non-hydrogen) atoms. The first-order valence-corrected chi connectivity index (χ1v) is 13.1. The first-order valence-electron chi connectivity index (χ1n) is 12.2. The Bertz CT molecular complexity index is 989. The lowest BCUT2D eigenvalue weighted by Gasteiger charge is -2.47. The van der Waals surface area contributed by atoms with E-state index in [4.69, 9.17) is 0 Å². The maximum atomic E-state index is 13.0. The Hall–Kier alpha value is -1.52. The van der Waals surface area contributed by atoms with Gasteiger partial charge in [0, 0.05) is 28.7 Å². The van der Waals surface area contributed by atoms with Crippen molar-refractivity contribution in [3.63, 3.8) is 0 Å². The van der Waals surface area contributed by atoms with Crippen molar-refractivity contribution in [1.29, 1.82) is 0 Å². The lowest BCUT2D eigenvalue weighted by Crippen LogP contribution is -3.00. The molecular formula is C23H34F2IN5O5S. The number of rotatable bonds is 7. The van der Waals surface area contributed by atoms with E-state index in [9.17, 15) is 33.1 Å². The summed E-state index contributed by atoms with van der Waals surface area (Å²) in [5.41, 5.74) is -0.0862. The summed E-state index contributed by atoms with van der Waals surface area (Å²) in [6.45, 7) is 7.02. The van der Waals surface area contributed by atoms with Crippen LogP contribution < -0.4 is 34.6 Å². The molecule has 4 rings (SSSR count). The van der Waals surface area contributed by atoms with Crippen molar-refractivity contribution in [2.45, 2.75) is 50.1 Å². The second-order valence-electron chi connectivity index (χ2n) is 10.8. The molecule has 0 saturated carbocycles. The minimum atomic E-state index is -3.19. The van der Waals surface area contributed by atoms with E-state index in [1.54, 1.807) is 0 Å². The molecular weight excluding hydrogens is 623 g/mol. The summed E-state index contributed by atoms with van der Waals surface area (Å²) in [6, 6.07) is -1.72. The zero-order chi connectivity index (χ0) is 26.5. The number of nitrogens with zero attached hydrogens (tertiary/aromatic N) is 3. The molecule has 0 spiro atoms. The number of fused-ring (bicyclic) bond motifs is 1. The van der Waals surface area contributed by atoms with Crippen LogP contribution in [0.5, 0.6) is 0 Å². The van der Waals surface area contributed by atoms with Gasteiger partial charge in [-0.05, 0) is 13.3 Å². The average Bonchev–Trinajstić information content (AvgIpc) is 3.35. The van der Waals surface area contributed by atoms with Crippen molar-refractivity contribution < 1.29 is 61.5 Å². The van der Waals surface area contributed by atoms with Crippen LogP contribution in [0.15, 0.2) is 10.6 Å². The molecule has 3 amide bonds. The fourth-order valence-electron chi connectivity index (χ4n) is 5.68. The number of hydrogen-bond donors (Lipinski definition) is 3. The van der Waals surface area contributed by atoms with Gasteiger partial charge < -0.3 is 54.0 Å². The Balaban J connectivity index is 0.00000380. The number of nitrogens with one attached hydrogen (secondary N) is 2. The Morgan fingerprint density at radius 2 is 1.84 bits per heavy atom. The molecule has 3 fully saturated rings. The third-order valence-electron chi connectivity index (χ3n) is 7.84. The van der Waals surface area contributed by atoms with E-state index in [1.807, 2.05) is 11.8 Å². The largest absolute Gasteiger partial charge is 1.00 e. The van der Waals surface area contributed by atoms with Gasteiger partial charge in [-0.25, -0.2) is 4.79 Å². The molecule has 3 N–H and O–H groups in total. The molecule has 0 aliphatic carbocycles. The number of carboxylic acids is 1. The van der Waals surface area contributed by atoms with Gasteiger partial charge in [-0.2, -0.15) is 8.78 Å². The van der Waals surface area contributed by atoms with Crippen molar-refractivity contribution >= 4 is 35.5 Å². The number of alkyl halides is 2. The second-order valence-corrected chi connectivity index (χ2v) is 12.1. The fourth-order valence-corrected chi connectivity index (χ4v) is 7.16. The average molecular weight is 658 g/mol. The van der Waals surface area contributed by atoms with Crippen molar-refractivity contribution in [2.75, 3.05) is 46.8 Å². The standard InChI is InChI=1S/C23H33F2N5O5S.HI/c1-11-16-15(12(2)27-20(31)19(24)25)22(33)29(16)17(23(34)35)18(11)36-13-9-14(26-10-13)21(32)28-5-7-30(3,4)8-6-28;/h11-16,19,26H,5-10H2,1-4H3,(H-,27,31,34,35);1H/t11-,12-,13+,14+,15-,16-;/m1./s1. The highest BCUT2D eigenvalue weighted by molar-refractivity contribution is 8.03. The summed E-state index contributed by atoms with van der Waals surface area (Å²) in [6.07, 6.45) is -2.65. The highest BCUT2D eigenvalue weighted by Crippen LogP contribution is 2.51. The number of carbonyl (C=O) groups is 4. The van der Waals surface area contributed by atoms with Gasteiger partial charge in [0.2, 0.25) is 11.8 Å². The molecule has 208 valence electrons. The molecule has 4 aliphatic rings. The minimum absolute atomic E-state index is 0. The summed E-state index contributed by atoms with van der Waals surface area (Å²) in [5.74, 6) is -4.24. The van der Waals surface area contributed by atoms with Crippen LogP contribution in [0.25, 0.3) is 0 Å². The Morgan fingerprint density at radius 1 is 1.22 bits per heavy atom. The van der Waals surface area contributed by atoms with Crippen molar-refractivity contribution in [3.05, 3.63) is 10.6 Å². The zero-order valence-electron chi connectivity index (χ0n) is 21.2. The van der Waals surface area contributed by atoms with Crippen LogP contribution in [0.3, 0.4) is 0 Å². The molecule has 0 aromatic heterocycles. The minimum Gasteiger partial charge on any atom is -1.00 e. The number of β-lactam (4-membered cyclic amide) rings is 1. The monoisotopic (exact) mass is 657 g/mol. The molecule has 0 unspecified atom stereocenters. The van der Waals surface area contributed by atoms with Crippen LogP contribution in [0.4, 0.5) is 8.78 Å². The van der Waals surface area contributed by atoms with Crippen LogP contribution in [0, 0.1) is 11.8 Å². The Labute approximate surface area is 236 Å². The van der Waals surface area contributed by atoms with E-state index in [1.165, 1.54) is 23.6 Å². The van der Waals surface area contributed by atoms with Gasteiger partial charge in [-0.15, -0.1) is 11.8 Å². The SMILES string of the molecule is C[C@@H](NC(=O)C(F)F)[C@H]1C(=O)N2C(C(=O)O)=C(S[C@@H]3CN[C@H](C(=O)N4CC[N+](C)(C)CC4)C3)[C@H](C)[C@H]12.[I-]. The van der Waals surface area contributed by atoms with Gasteiger partial charge in [0.1, 0.15) is 5.70 Å². The molecule has 14 heteroatoms. The number of halogens is 3. The number of thioether (sulfide) groups is 1. The molecule has 4 aliphatic heterocycles. The Morgan fingerprint density at radius 3 is 2.41 bits per heavy atom. The summed E-state index contributed by atoms with van der Waals surface area (Å²) in [4.78, 5) is 53.1. The normalized spacial score (nSPS) is 31.5. The molecule has 10 nitrogen and oxygen atoms in total. The van der Waals surface area contributed by atoms with Crippen LogP contribution in [-0.4, -0.2) is 120 Å². The fraction of sp³-hybridized carbons (Fsp3) is 0.739. The number of piperazine rings is 1. The molecule has 6 atom stereocenters. The summed E-state index contributed by atoms with van der Waals surface area (Å²) in [5, 5.41) is 15.3. The Kier molecular flexibility index (Phi) is 9.17. The van der Waals surface area contributed by atoms with E-state index in [2.05, 4.69) is 24.7 Å². The number of likely N-dealkylation sites (N-methyl/N-ethyl adjacent to an activating group) is 1. The molecule has 0 aromatic rings. The number of hydrogen-bond acceptors (Lipinski definition) is 6. The van der Waals surface area contributed by atoms with Crippen LogP contribution >= 0.6 is 11.8 Å². The topological polar surface area (TPSA) is 119 Å². The van der Waals surface area contributed by atoms with Crippen LogP contribution in [-0.2, 0) is 19.2 Å². The second kappa shape index (κ2) is 11.3. The first-order chi connectivity index (χ1) is 16.8. The molecule has 0 radical (unpaired) electrons. The van der Waals surface area contributed by atoms with E-state index >= 15 is 0 Å². The third kappa shape index (κ3) is 5.76. The van der Waals surface area contributed by atoms with E-state index in [-0.39, 0.29) is 52.8 Å². The van der Waals surface area contributed by atoms with Gasteiger partial charge in [0.05, 0.1) is 58.3 Å². The number of aliphatic carboxylic acids is 1. The van der Waals surface area contributed by atoms with Gasteiger partial charge >= 0.3 is 12.4 Å². The van der Waals surface area contributed by atoms with Gasteiger partial charge in [0.15, 0.2) is 0 Å². The van der Waals surface area contributed by atoms with Gasteiger partial charge in [-0.3, -0.25) is 14.4 Å². The molecule has 4 heterocycles.